The summed E-state index contributed by atoms with van der Waals surface area (Å²) in [5.74, 6) is -1.41. The van der Waals surface area contributed by atoms with Crippen LogP contribution in [-0.4, -0.2) is 41.5 Å². The quantitative estimate of drug-likeness (QED) is 0.795. The van der Waals surface area contributed by atoms with Crippen molar-refractivity contribution in [3.8, 4) is 0 Å². The Kier molecular flexibility index (Phi) is 5.46. The number of para-hydroxylation sites is 1. The number of rotatable bonds is 4. The minimum Gasteiger partial charge on any atom is -0.451 e. The van der Waals surface area contributed by atoms with Gasteiger partial charge in [0.1, 0.15) is 11.7 Å². The van der Waals surface area contributed by atoms with Crippen LogP contribution >= 0.6 is 11.6 Å². The van der Waals surface area contributed by atoms with Gasteiger partial charge in [0.25, 0.3) is 5.91 Å². The van der Waals surface area contributed by atoms with Gasteiger partial charge in [-0.2, -0.15) is 0 Å². The lowest BCUT2D eigenvalue weighted by atomic mass is 10.1. The van der Waals surface area contributed by atoms with E-state index in [-0.39, 0.29) is 16.6 Å². The fourth-order valence-corrected chi connectivity index (χ4v) is 3.45. The Bertz CT molecular complexity index is 822. The number of carbonyl (C=O) groups excluding carboxylic acids is 3. The molecule has 1 saturated heterocycles. The molecule has 8 heteroatoms. The predicted molar refractivity (Wildman–Crippen MR) is 97.0 cm³/mol. The van der Waals surface area contributed by atoms with Crippen molar-refractivity contribution in [1.29, 1.82) is 0 Å². The zero-order chi connectivity index (χ0) is 18.7. The summed E-state index contributed by atoms with van der Waals surface area (Å²) < 4.78 is 6.74. The lowest BCUT2D eigenvalue weighted by Crippen LogP contribution is -2.46. The number of aromatic nitrogens is 1. The van der Waals surface area contributed by atoms with Gasteiger partial charge in [-0.25, -0.2) is 4.79 Å². The van der Waals surface area contributed by atoms with E-state index in [2.05, 4.69) is 10.6 Å². The summed E-state index contributed by atoms with van der Waals surface area (Å²) in [6.07, 6.45) is 2.29. The first-order valence-electron chi connectivity index (χ1n) is 8.46. The second kappa shape index (κ2) is 7.78. The average molecular weight is 378 g/mol. The minimum absolute atomic E-state index is 0.188. The Morgan fingerprint density at radius 1 is 1.35 bits per heavy atom. The molecule has 2 N–H and O–H groups in total. The smallest absolute Gasteiger partial charge is 0.357 e. The van der Waals surface area contributed by atoms with Crippen molar-refractivity contribution >= 4 is 40.3 Å². The van der Waals surface area contributed by atoms with Gasteiger partial charge in [-0.1, -0.05) is 29.8 Å². The van der Waals surface area contributed by atoms with Crippen LogP contribution < -0.4 is 10.6 Å². The molecule has 2 aromatic rings. The first-order chi connectivity index (χ1) is 12.5. The van der Waals surface area contributed by atoms with E-state index in [0.717, 1.165) is 23.7 Å². The highest BCUT2D eigenvalue weighted by atomic mass is 35.5. The number of hydrogen-bond acceptors (Lipinski definition) is 4. The maximum atomic E-state index is 12.4. The maximum Gasteiger partial charge on any atom is 0.357 e. The van der Waals surface area contributed by atoms with Crippen molar-refractivity contribution in [1.82, 2.24) is 15.2 Å². The third kappa shape index (κ3) is 3.67. The largest absolute Gasteiger partial charge is 0.451 e. The van der Waals surface area contributed by atoms with Gasteiger partial charge in [0.15, 0.2) is 6.61 Å². The highest BCUT2D eigenvalue weighted by molar-refractivity contribution is 6.38. The molecule has 0 spiro atoms. The summed E-state index contributed by atoms with van der Waals surface area (Å²) in [7, 11) is 1.71. The van der Waals surface area contributed by atoms with Crippen LogP contribution in [0.4, 0.5) is 0 Å². The number of carbonyl (C=O) groups is 3. The van der Waals surface area contributed by atoms with Gasteiger partial charge in [0.05, 0.1) is 5.02 Å². The van der Waals surface area contributed by atoms with Gasteiger partial charge in [0, 0.05) is 24.5 Å². The van der Waals surface area contributed by atoms with E-state index < -0.39 is 24.5 Å². The van der Waals surface area contributed by atoms with Crippen LogP contribution in [0.15, 0.2) is 24.3 Å². The Labute approximate surface area is 155 Å². The van der Waals surface area contributed by atoms with Gasteiger partial charge in [-0.3, -0.25) is 9.59 Å². The third-order valence-electron chi connectivity index (χ3n) is 4.44. The van der Waals surface area contributed by atoms with E-state index in [1.807, 2.05) is 24.3 Å². The molecule has 7 nitrogen and oxygen atoms in total. The van der Waals surface area contributed by atoms with Gasteiger partial charge < -0.3 is 19.9 Å². The lowest BCUT2D eigenvalue weighted by molar-refractivity contribution is -0.130. The molecule has 138 valence electrons. The Morgan fingerprint density at radius 3 is 2.88 bits per heavy atom. The average Bonchev–Trinajstić information content (AvgIpc) is 2.75. The van der Waals surface area contributed by atoms with Crippen LogP contribution in [0.2, 0.25) is 5.02 Å². The summed E-state index contributed by atoms with van der Waals surface area (Å²) in [4.78, 5) is 36.3. The second-order valence-electron chi connectivity index (χ2n) is 6.22. The van der Waals surface area contributed by atoms with Crippen molar-refractivity contribution in [3.63, 3.8) is 0 Å². The SMILES string of the molecule is Cn1c(C(=O)OCC(=O)N[C@H]2CCCCNC2=O)c(Cl)c2ccccc21. The molecule has 2 amide bonds. The number of benzene rings is 1. The van der Waals surface area contributed by atoms with Crippen LogP contribution in [-0.2, 0) is 21.4 Å². The number of halogens is 1. The molecule has 0 radical (unpaired) electrons. The molecule has 0 unspecified atom stereocenters. The first-order valence-corrected chi connectivity index (χ1v) is 8.84. The summed E-state index contributed by atoms with van der Waals surface area (Å²) in [5, 5.41) is 6.37. The monoisotopic (exact) mass is 377 g/mol. The number of ether oxygens (including phenoxy) is 1. The Balaban J connectivity index is 1.64. The summed E-state index contributed by atoms with van der Waals surface area (Å²) in [6.45, 7) is 0.139. The van der Waals surface area contributed by atoms with Crippen molar-refractivity contribution in [2.75, 3.05) is 13.2 Å². The molecular formula is C18H20ClN3O4. The molecule has 1 atom stereocenters. The fraction of sp³-hybridized carbons (Fsp3) is 0.389. The van der Waals surface area contributed by atoms with Crippen molar-refractivity contribution in [2.45, 2.75) is 25.3 Å². The van der Waals surface area contributed by atoms with E-state index in [0.29, 0.717) is 13.0 Å². The molecule has 0 bridgehead atoms. The highest BCUT2D eigenvalue weighted by Crippen LogP contribution is 2.30. The number of nitrogens with one attached hydrogen (secondary N) is 2. The standard InChI is InChI=1S/C18H20ClN3O4/c1-22-13-8-3-2-6-11(13)15(19)16(22)18(25)26-10-14(23)21-12-7-4-5-9-20-17(12)24/h2-3,6,8,12H,4-5,7,9-10H2,1H3,(H,20,24)(H,21,23)/t12-/m0/s1. The number of nitrogens with zero attached hydrogens (tertiary/aromatic N) is 1. The molecule has 1 aliphatic heterocycles. The molecule has 1 aromatic carbocycles. The van der Waals surface area contributed by atoms with Crippen LogP contribution in [0.3, 0.4) is 0 Å². The summed E-state index contributed by atoms with van der Waals surface area (Å²) in [6, 6.07) is 6.74. The Hall–Kier alpha value is -2.54. The van der Waals surface area contributed by atoms with E-state index >= 15 is 0 Å². The number of fused-ring (bicyclic) bond motifs is 1. The topological polar surface area (TPSA) is 89.4 Å². The van der Waals surface area contributed by atoms with Gasteiger partial charge in [0.2, 0.25) is 5.91 Å². The predicted octanol–water partition coefficient (Wildman–Crippen LogP) is 1.77. The number of hydrogen-bond donors (Lipinski definition) is 2. The van der Waals surface area contributed by atoms with E-state index in [1.165, 1.54) is 0 Å². The molecule has 1 aliphatic rings. The van der Waals surface area contributed by atoms with Gasteiger partial charge in [-0.05, 0) is 25.3 Å². The van der Waals surface area contributed by atoms with Crippen LogP contribution in [0, 0.1) is 0 Å². The van der Waals surface area contributed by atoms with Gasteiger partial charge >= 0.3 is 5.97 Å². The molecule has 26 heavy (non-hydrogen) atoms. The molecular weight excluding hydrogens is 358 g/mol. The number of esters is 1. The molecule has 1 aromatic heterocycles. The fourth-order valence-electron chi connectivity index (χ4n) is 3.09. The third-order valence-corrected chi connectivity index (χ3v) is 4.83. The van der Waals surface area contributed by atoms with E-state index in [4.69, 9.17) is 16.3 Å². The zero-order valence-corrected chi connectivity index (χ0v) is 15.1. The van der Waals surface area contributed by atoms with Gasteiger partial charge in [-0.15, -0.1) is 0 Å². The first kappa shape index (κ1) is 18.3. The maximum absolute atomic E-state index is 12.4. The van der Waals surface area contributed by atoms with Crippen molar-refractivity contribution in [2.24, 2.45) is 7.05 Å². The van der Waals surface area contributed by atoms with E-state index in [9.17, 15) is 14.4 Å². The summed E-state index contributed by atoms with van der Waals surface area (Å²) >= 11 is 6.29. The van der Waals surface area contributed by atoms with Crippen LogP contribution in [0.5, 0.6) is 0 Å². The second-order valence-corrected chi connectivity index (χ2v) is 6.60. The normalized spacial score (nSPS) is 17.5. The van der Waals surface area contributed by atoms with Crippen LogP contribution in [0.25, 0.3) is 10.9 Å². The lowest BCUT2D eigenvalue weighted by Gasteiger charge is -2.15. The molecule has 0 saturated carbocycles. The van der Waals surface area contributed by atoms with E-state index in [1.54, 1.807) is 11.6 Å². The zero-order valence-electron chi connectivity index (χ0n) is 14.4. The van der Waals surface area contributed by atoms with Crippen LogP contribution in [0.1, 0.15) is 29.8 Å². The number of aryl methyl sites for hydroxylation is 1. The van der Waals surface area contributed by atoms with Crippen molar-refractivity contribution < 1.29 is 19.1 Å². The molecule has 0 aliphatic carbocycles. The Morgan fingerprint density at radius 2 is 2.12 bits per heavy atom. The summed E-state index contributed by atoms with van der Waals surface area (Å²) in [5.41, 5.74) is 0.983. The minimum atomic E-state index is -0.686. The molecule has 1 fully saturated rings. The molecule has 2 heterocycles. The number of amides is 2. The highest BCUT2D eigenvalue weighted by Gasteiger charge is 2.24. The molecule has 3 rings (SSSR count). The van der Waals surface area contributed by atoms with Crippen molar-refractivity contribution in [3.05, 3.63) is 35.0 Å².